The Morgan fingerprint density at radius 3 is 2.57 bits per heavy atom. The first-order valence-corrected chi connectivity index (χ1v) is 8.18. The van der Waals surface area contributed by atoms with Crippen molar-refractivity contribution in [3.8, 4) is 0 Å². The molecular formula is C15H13ClN2O2S. The van der Waals surface area contributed by atoms with Crippen molar-refractivity contribution in [3.63, 3.8) is 0 Å². The van der Waals surface area contributed by atoms with Crippen molar-refractivity contribution >= 4 is 32.7 Å². The number of halogens is 1. The van der Waals surface area contributed by atoms with Crippen LogP contribution in [0.1, 0.15) is 11.3 Å². The normalized spacial score (nSPS) is 12.0. The molecule has 0 N–H and O–H groups in total. The third kappa shape index (κ3) is 2.13. The van der Waals surface area contributed by atoms with Gasteiger partial charge in [0.1, 0.15) is 0 Å². The first kappa shape index (κ1) is 14.1. The summed E-state index contributed by atoms with van der Waals surface area (Å²) in [7, 11) is -3.70. The zero-order valence-electron chi connectivity index (χ0n) is 11.5. The minimum absolute atomic E-state index is 0.271. The van der Waals surface area contributed by atoms with E-state index in [2.05, 4.69) is 4.98 Å². The maximum Gasteiger partial charge on any atom is 0.269 e. The number of nitrogens with zero attached hydrogens (tertiary/aromatic N) is 2. The van der Waals surface area contributed by atoms with Crippen LogP contribution in [0, 0.1) is 13.8 Å². The largest absolute Gasteiger partial charge is 0.269 e. The van der Waals surface area contributed by atoms with E-state index in [4.69, 9.17) is 11.6 Å². The van der Waals surface area contributed by atoms with E-state index in [1.54, 1.807) is 44.2 Å². The van der Waals surface area contributed by atoms with Gasteiger partial charge in [-0.05, 0) is 37.6 Å². The zero-order chi connectivity index (χ0) is 15.2. The molecule has 0 spiro atoms. The van der Waals surface area contributed by atoms with Gasteiger partial charge in [-0.1, -0.05) is 29.8 Å². The average molecular weight is 321 g/mol. The molecule has 3 aromatic rings. The van der Waals surface area contributed by atoms with Crippen LogP contribution >= 0.6 is 11.6 Å². The Morgan fingerprint density at radius 2 is 1.86 bits per heavy atom. The lowest BCUT2D eigenvalue weighted by Gasteiger charge is -2.11. The van der Waals surface area contributed by atoms with Crippen molar-refractivity contribution in [1.82, 2.24) is 8.96 Å². The van der Waals surface area contributed by atoms with Crippen LogP contribution in [0.2, 0.25) is 5.02 Å². The number of aromatic nitrogens is 2. The summed E-state index contributed by atoms with van der Waals surface area (Å²) in [4.78, 5) is 4.45. The molecule has 0 saturated heterocycles. The van der Waals surface area contributed by atoms with Crippen LogP contribution in [-0.2, 0) is 10.0 Å². The van der Waals surface area contributed by atoms with E-state index in [1.165, 1.54) is 10.2 Å². The minimum Gasteiger partial charge on any atom is -0.237 e. The second-order valence-corrected chi connectivity index (χ2v) is 7.01. The van der Waals surface area contributed by atoms with Gasteiger partial charge in [0, 0.05) is 17.3 Å². The van der Waals surface area contributed by atoms with Crippen molar-refractivity contribution in [1.29, 1.82) is 0 Å². The van der Waals surface area contributed by atoms with Gasteiger partial charge in [0.25, 0.3) is 10.0 Å². The fourth-order valence-corrected chi connectivity index (χ4v) is 4.34. The molecule has 6 heteroatoms. The van der Waals surface area contributed by atoms with Crippen LogP contribution in [-0.4, -0.2) is 17.4 Å². The molecule has 1 aromatic carbocycles. The van der Waals surface area contributed by atoms with Crippen molar-refractivity contribution in [2.75, 3.05) is 0 Å². The third-order valence-electron chi connectivity index (χ3n) is 3.39. The summed E-state index contributed by atoms with van der Waals surface area (Å²) < 4.78 is 27.1. The molecule has 0 amide bonds. The molecular weight excluding hydrogens is 308 g/mol. The second kappa shape index (κ2) is 4.86. The van der Waals surface area contributed by atoms with Crippen molar-refractivity contribution < 1.29 is 8.42 Å². The molecule has 108 valence electrons. The molecule has 0 unspecified atom stereocenters. The molecule has 0 saturated carbocycles. The Labute approximate surface area is 128 Å². The number of aryl methyl sites for hydroxylation is 2. The van der Waals surface area contributed by atoms with Crippen LogP contribution in [0.15, 0.2) is 47.5 Å². The minimum atomic E-state index is -3.70. The highest BCUT2D eigenvalue weighted by Crippen LogP contribution is 2.29. The van der Waals surface area contributed by atoms with Gasteiger partial charge >= 0.3 is 0 Å². The second-order valence-electron chi connectivity index (χ2n) is 4.85. The van der Waals surface area contributed by atoms with E-state index in [1.807, 2.05) is 6.07 Å². The Balaban J connectivity index is 2.38. The SMILES string of the molecule is Cc1ccccc1S(=O)(=O)n1c(C)cc2c(Cl)ccnc21. The van der Waals surface area contributed by atoms with E-state index >= 15 is 0 Å². The summed E-state index contributed by atoms with van der Waals surface area (Å²) in [5.41, 5.74) is 1.62. The monoisotopic (exact) mass is 320 g/mol. The average Bonchev–Trinajstić information content (AvgIpc) is 2.77. The number of hydrogen-bond donors (Lipinski definition) is 0. The first-order valence-electron chi connectivity index (χ1n) is 6.36. The number of pyridine rings is 1. The molecule has 0 atom stereocenters. The topological polar surface area (TPSA) is 52.0 Å². The molecule has 0 radical (unpaired) electrons. The number of fused-ring (bicyclic) bond motifs is 1. The maximum absolute atomic E-state index is 12.9. The van der Waals surface area contributed by atoms with Gasteiger partial charge in [-0.25, -0.2) is 17.4 Å². The molecule has 0 fully saturated rings. The highest BCUT2D eigenvalue weighted by molar-refractivity contribution is 7.90. The predicted octanol–water partition coefficient (Wildman–Crippen LogP) is 3.54. The van der Waals surface area contributed by atoms with Crippen LogP contribution in [0.25, 0.3) is 11.0 Å². The lowest BCUT2D eigenvalue weighted by atomic mass is 10.2. The fraction of sp³-hybridized carbons (Fsp3) is 0.133. The predicted molar refractivity (Wildman–Crippen MR) is 83.2 cm³/mol. The summed E-state index contributed by atoms with van der Waals surface area (Å²) in [6, 6.07) is 10.3. The smallest absolute Gasteiger partial charge is 0.237 e. The van der Waals surface area contributed by atoms with E-state index in [0.29, 0.717) is 27.3 Å². The van der Waals surface area contributed by atoms with E-state index in [9.17, 15) is 8.42 Å². The van der Waals surface area contributed by atoms with Gasteiger partial charge in [-0.3, -0.25) is 0 Å². The molecule has 0 aliphatic carbocycles. The van der Waals surface area contributed by atoms with E-state index in [0.717, 1.165) is 0 Å². The fourth-order valence-electron chi connectivity index (χ4n) is 2.42. The molecule has 2 heterocycles. The van der Waals surface area contributed by atoms with Crippen molar-refractivity contribution in [2.45, 2.75) is 18.7 Å². The summed E-state index contributed by atoms with van der Waals surface area (Å²) in [6.45, 7) is 3.50. The van der Waals surface area contributed by atoms with Gasteiger partial charge in [0.05, 0.1) is 9.92 Å². The van der Waals surface area contributed by atoms with Crippen molar-refractivity contribution in [3.05, 3.63) is 58.9 Å². The van der Waals surface area contributed by atoms with Crippen LogP contribution in [0.5, 0.6) is 0 Å². The molecule has 21 heavy (non-hydrogen) atoms. The van der Waals surface area contributed by atoms with E-state index in [-0.39, 0.29) is 4.90 Å². The highest BCUT2D eigenvalue weighted by Gasteiger charge is 2.24. The Kier molecular flexibility index (Phi) is 3.26. The maximum atomic E-state index is 12.9. The van der Waals surface area contributed by atoms with Gasteiger partial charge in [0.15, 0.2) is 5.65 Å². The molecule has 0 aliphatic rings. The summed E-state index contributed by atoms with van der Waals surface area (Å²) in [6.07, 6.45) is 1.51. The standard InChI is InChI=1S/C15H13ClN2O2S/c1-10-5-3-4-6-14(10)21(19,20)18-11(2)9-12-13(16)7-8-17-15(12)18/h3-9H,1-2H3. The Hall–Kier alpha value is -1.85. The van der Waals surface area contributed by atoms with Crippen LogP contribution in [0.3, 0.4) is 0 Å². The summed E-state index contributed by atoms with van der Waals surface area (Å²) >= 11 is 6.12. The lowest BCUT2D eigenvalue weighted by molar-refractivity contribution is 0.587. The van der Waals surface area contributed by atoms with Crippen molar-refractivity contribution in [2.24, 2.45) is 0 Å². The quantitative estimate of drug-likeness (QED) is 0.725. The number of benzene rings is 1. The lowest BCUT2D eigenvalue weighted by Crippen LogP contribution is -2.15. The van der Waals surface area contributed by atoms with Gasteiger partial charge in [0.2, 0.25) is 0 Å². The molecule has 0 aliphatic heterocycles. The van der Waals surface area contributed by atoms with Gasteiger partial charge in [-0.2, -0.15) is 0 Å². The van der Waals surface area contributed by atoms with E-state index < -0.39 is 10.0 Å². The Morgan fingerprint density at radius 1 is 1.14 bits per heavy atom. The molecule has 3 rings (SSSR count). The molecule has 4 nitrogen and oxygen atoms in total. The molecule has 2 aromatic heterocycles. The van der Waals surface area contributed by atoms with Gasteiger partial charge in [-0.15, -0.1) is 0 Å². The number of rotatable bonds is 2. The highest BCUT2D eigenvalue weighted by atomic mass is 35.5. The van der Waals surface area contributed by atoms with Crippen LogP contribution in [0.4, 0.5) is 0 Å². The van der Waals surface area contributed by atoms with Gasteiger partial charge < -0.3 is 0 Å². The zero-order valence-corrected chi connectivity index (χ0v) is 13.1. The summed E-state index contributed by atoms with van der Waals surface area (Å²) in [5, 5.41) is 1.12. The van der Waals surface area contributed by atoms with Crippen LogP contribution < -0.4 is 0 Å². The number of hydrogen-bond acceptors (Lipinski definition) is 3. The molecule has 0 bridgehead atoms. The summed E-state index contributed by atoms with van der Waals surface area (Å²) in [5.74, 6) is 0. The third-order valence-corrected chi connectivity index (χ3v) is 5.68. The Bertz CT molecular complexity index is 945. The first-order chi connectivity index (χ1) is 9.93.